The Morgan fingerprint density at radius 3 is 1.43 bits per heavy atom. The van der Waals surface area contributed by atoms with Gasteiger partial charge in [0.15, 0.2) is 0 Å². The third-order valence-electron chi connectivity index (χ3n) is 19.4. The first-order valence-electron chi connectivity index (χ1n) is 40.0. The quantitative estimate of drug-likeness (QED) is 0.0162. The number of benzene rings is 3. The standard InChI is InChI=1S/C80H117N21O20S/c1-43(2)33-59(96-78(119)61(35-47-21-23-50(104)24-22-47)99-80(121)67(45(4)103)101-69(110)52(83)37-49-39-86-42-89-49)76(117)93-56(25-27-64(84)105)71(112)90-44(3)68(109)100-63(41-102)79(120)94-57(26-28-66(107)108)74(115)91-55(20-12-14-31-82)73(114)97-60(34-46-15-7-6-8-16-46)77(118)92-54(19-11-13-30-81)72(113)95-58(29-32-122-5)75(116)98-62(70(111)88-40-65(85)106)36-48-38-87-53-18-10-9-17-51(48)53/h6-10,15-18,21-24,38-39,42-45,52,54-63,67,87,102-104H,11-14,19-20,25-37,40-41,81-83H2,1-5H3,(H2,84,105)(H2,85,106)(H,86,89)(H,88,111)(H,90,112)(H,91,115)(H,92,118)(H,93,117)(H,94,120)(H,95,113)(H,96,119)(H,97,114)(H,98,116)(H,99,121)(H,100,109)(H,101,110)(H,107,108). The SMILES string of the molecule is CSCCC(NC(=O)C(CCCCN)NC(=O)C(Cc1ccccc1)NC(=O)C(CCCCN)NC(=O)C(CCC(=O)O)NC(=O)C(CO)NC(=O)C(C)NC(=O)C(CCC(N)=O)NC(=O)C(CC(C)C)NC(=O)C(Cc1ccc(O)cc1)NC(=O)C(NC(=O)C(N)Cc1cnc[nH]1)C(C)O)C(=O)NC(Cc1c[nH]c2ccccc12)C(=O)NCC(N)=O. The molecule has 14 unspecified atom stereocenters. The monoisotopic (exact) mass is 1720 g/mol. The molecule has 668 valence electrons. The zero-order valence-electron chi connectivity index (χ0n) is 68.8. The van der Waals surface area contributed by atoms with E-state index in [0.717, 1.165) is 17.8 Å². The Kier molecular flexibility index (Phi) is 42.9. The average Bonchev–Trinajstić information content (AvgIpc) is 1.64. The van der Waals surface area contributed by atoms with E-state index in [0.29, 0.717) is 41.0 Å². The molecule has 122 heavy (non-hydrogen) atoms. The van der Waals surface area contributed by atoms with Gasteiger partial charge in [0.1, 0.15) is 78.3 Å². The second-order valence-electron chi connectivity index (χ2n) is 29.9. The van der Waals surface area contributed by atoms with Crippen LogP contribution in [0.15, 0.2) is 97.6 Å². The molecule has 0 fully saturated rings. The number of carbonyl (C=O) groups excluding carboxylic acids is 15. The minimum Gasteiger partial charge on any atom is -0.508 e. The fourth-order valence-corrected chi connectivity index (χ4v) is 13.2. The molecule has 14 atom stereocenters. The van der Waals surface area contributed by atoms with Crippen LogP contribution in [0.2, 0.25) is 0 Å². The summed E-state index contributed by atoms with van der Waals surface area (Å²) >= 11 is 1.36. The van der Waals surface area contributed by atoms with E-state index >= 15 is 0 Å². The number of carboxylic acids is 1. The fourth-order valence-electron chi connectivity index (χ4n) is 12.7. The molecule has 3 aromatic carbocycles. The molecule has 0 radical (unpaired) electrons. The lowest BCUT2D eigenvalue weighted by Crippen LogP contribution is -2.61. The molecule has 0 aliphatic carbocycles. The second-order valence-corrected chi connectivity index (χ2v) is 30.8. The topological polar surface area (TPSA) is 685 Å². The highest BCUT2D eigenvalue weighted by Crippen LogP contribution is 2.21. The van der Waals surface area contributed by atoms with E-state index in [9.17, 15) is 97.1 Å². The van der Waals surface area contributed by atoms with Gasteiger partial charge < -0.3 is 128 Å². The first kappa shape index (κ1) is 100. The van der Waals surface area contributed by atoms with Gasteiger partial charge in [-0.05, 0) is 144 Å². The number of unbranched alkanes of at least 4 members (excludes halogenated alkanes) is 2. The van der Waals surface area contributed by atoms with Crippen molar-refractivity contribution in [1.29, 1.82) is 0 Å². The fraction of sp³-hybridized carbons (Fsp3) is 0.512. The maximum Gasteiger partial charge on any atom is 0.303 e. The number of carboxylic acid groups (broad SMARTS) is 1. The number of aliphatic carboxylic acids is 1. The predicted molar refractivity (Wildman–Crippen MR) is 448 cm³/mol. The van der Waals surface area contributed by atoms with Gasteiger partial charge in [0.2, 0.25) is 88.6 Å². The third-order valence-corrected chi connectivity index (χ3v) is 20.0. The summed E-state index contributed by atoms with van der Waals surface area (Å²) in [6, 6.07) is 0.944. The molecule has 0 aliphatic rings. The van der Waals surface area contributed by atoms with Crippen LogP contribution in [0.3, 0.4) is 0 Å². The van der Waals surface area contributed by atoms with Crippen molar-refractivity contribution in [3.05, 3.63) is 120 Å². The van der Waals surface area contributed by atoms with Crippen LogP contribution in [0.25, 0.3) is 10.9 Å². The van der Waals surface area contributed by atoms with Gasteiger partial charge in [0.25, 0.3) is 0 Å². The molecule has 0 spiro atoms. The number of nitrogens with one attached hydrogen (secondary N) is 15. The number of aromatic nitrogens is 3. The Hall–Kier alpha value is -12.1. The zero-order chi connectivity index (χ0) is 90.1. The van der Waals surface area contributed by atoms with E-state index in [-0.39, 0.29) is 89.0 Å². The van der Waals surface area contributed by atoms with E-state index in [4.69, 9.17) is 28.7 Å². The average molecular weight is 1730 g/mol. The van der Waals surface area contributed by atoms with Crippen LogP contribution < -0.4 is 97.8 Å². The molecule has 2 heterocycles. The highest BCUT2D eigenvalue weighted by Gasteiger charge is 2.39. The van der Waals surface area contributed by atoms with Crippen LogP contribution >= 0.6 is 11.8 Å². The number of aliphatic hydroxyl groups is 2. The molecule has 5 aromatic rings. The molecule has 0 saturated heterocycles. The third kappa shape index (κ3) is 34.9. The molecule has 42 heteroatoms. The number of fused-ring (bicyclic) bond motifs is 1. The van der Waals surface area contributed by atoms with Crippen molar-refractivity contribution < 1.29 is 97.1 Å². The number of imidazole rings is 1. The summed E-state index contributed by atoms with van der Waals surface area (Å²) in [4.78, 5) is 231. The first-order chi connectivity index (χ1) is 58.0. The van der Waals surface area contributed by atoms with Crippen LogP contribution in [0.4, 0.5) is 0 Å². The van der Waals surface area contributed by atoms with E-state index in [1.54, 1.807) is 62.7 Å². The van der Waals surface area contributed by atoms with Gasteiger partial charge in [-0.25, -0.2) is 4.98 Å². The van der Waals surface area contributed by atoms with Gasteiger partial charge in [0, 0.05) is 67.5 Å². The number of hydrogen-bond donors (Lipinski definition) is 24. The van der Waals surface area contributed by atoms with Gasteiger partial charge in [-0.15, -0.1) is 0 Å². The number of amides is 15. The van der Waals surface area contributed by atoms with Crippen molar-refractivity contribution >= 4 is 117 Å². The summed E-state index contributed by atoms with van der Waals surface area (Å²) < 4.78 is 0. The molecule has 5 rings (SSSR count). The Bertz CT molecular complexity index is 4310. The van der Waals surface area contributed by atoms with Gasteiger partial charge in [-0.1, -0.05) is 74.5 Å². The number of rotatable bonds is 56. The number of aliphatic hydroxyl groups excluding tert-OH is 2. The molecule has 15 amide bonds. The number of nitrogens with two attached hydrogens (primary N) is 5. The Balaban J connectivity index is 1.33. The smallest absolute Gasteiger partial charge is 0.303 e. The van der Waals surface area contributed by atoms with Crippen molar-refractivity contribution in [3.8, 4) is 5.75 Å². The van der Waals surface area contributed by atoms with Crippen LogP contribution in [0.5, 0.6) is 5.75 Å². The Labute approximate surface area is 708 Å². The lowest BCUT2D eigenvalue weighted by Gasteiger charge is -2.28. The van der Waals surface area contributed by atoms with E-state index < -0.39 is 218 Å². The number of phenolic OH excluding ortho intramolecular Hbond substituents is 1. The van der Waals surface area contributed by atoms with Crippen molar-refractivity contribution in [2.75, 3.05) is 38.2 Å². The lowest BCUT2D eigenvalue weighted by molar-refractivity contribution is -0.139. The van der Waals surface area contributed by atoms with Crippen LogP contribution in [0.1, 0.15) is 127 Å². The second kappa shape index (κ2) is 52.1. The number of hydrogen-bond acceptors (Lipinski definition) is 24. The number of H-pyrrole nitrogens is 2. The molecule has 2 aromatic heterocycles. The van der Waals surface area contributed by atoms with Crippen LogP contribution in [0, 0.1) is 5.92 Å². The van der Waals surface area contributed by atoms with Crippen LogP contribution in [-0.4, -0.2) is 253 Å². The van der Waals surface area contributed by atoms with E-state index in [2.05, 4.69) is 84.1 Å². The maximum atomic E-state index is 14.9. The van der Waals surface area contributed by atoms with Gasteiger partial charge >= 0.3 is 5.97 Å². The number of primary amides is 2. The van der Waals surface area contributed by atoms with Gasteiger partial charge in [-0.3, -0.25) is 76.7 Å². The maximum absolute atomic E-state index is 14.9. The summed E-state index contributed by atoms with van der Waals surface area (Å²) in [7, 11) is 0. The largest absolute Gasteiger partial charge is 0.508 e. The lowest BCUT2D eigenvalue weighted by atomic mass is 9.99. The summed E-state index contributed by atoms with van der Waals surface area (Å²) in [5, 5.41) is 74.7. The Morgan fingerprint density at radius 1 is 0.467 bits per heavy atom. The highest BCUT2D eigenvalue weighted by molar-refractivity contribution is 7.98. The van der Waals surface area contributed by atoms with E-state index in [1.807, 2.05) is 18.2 Å². The summed E-state index contributed by atoms with van der Waals surface area (Å²) in [6.45, 7) is 4.31. The number of phenols is 1. The number of aromatic amines is 2. The van der Waals surface area contributed by atoms with E-state index in [1.165, 1.54) is 55.5 Å². The number of nitrogens with zero attached hydrogens (tertiary/aromatic N) is 1. The number of aromatic hydroxyl groups is 1. The molecular formula is C80H117N21O20S. The zero-order valence-corrected chi connectivity index (χ0v) is 69.6. The number of thioether (sulfide) groups is 1. The summed E-state index contributed by atoms with van der Waals surface area (Å²) in [6.07, 6.45) is 2.51. The summed E-state index contributed by atoms with van der Waals surface area (Å²) in [5.74, 6) is -16.2. The number of para-hydroxylation sites is 1. The van der Waals surface area contributed by atoms with Gasteiger partial charge in [0.05, 0.1) is 31.6 Å². The molecule has 0 aliphatic heterocycles. The predicted octanol–water partition coefficient (Wildman–Crippen LogP) is -4.81. The summed E-state index contributed by atoms with van der Waals surface area (Å²) in [5.41, 5.74) is 31.4. The molecule has 0 saturated carbocycles. The Morgan fingerprint density at radius 2 is 0.926 bits per heavy atom. The van der Waals surface area contributed by atoms with Crippen molar-refractivity contribution in [2.45, 2.75) is 215 Å². The minimum absolute atomic E-state index is 0.0305. The highest BCUT2D eigenvalue weighted by atomic mass is 32.2. The van der Waals surface area contributed by atoms with Crippen molar-refractivity contribution in [3.63, 3.8) is 0 Å². The molecule has 0 bridgehead atoms. The van der Waals surface area contributed by atoms with Gasteiger partial charge in [-0.2, -0.15) is 11.8 Å². The first-order valence-corrected chi connectivity index (χ1v) is 41.4. The van der Waals surface area contributed by atoms with Crippen molar-refractivity contribution in [2.24, 2.45) is 34.6 Å². The molecular weight excluding hydrogens is 1610 g/mol. The number of carbonyl (C=O) groups is 16. The molecule has 29 N–H and O–H groups in total. The minimum atomic E-state index is -1.95. The molecule has 41 nitrogen and oxygen atoms in total. The van der Waals surface area contributed by atoms with Crippen LogP contribution in [-0.2, 0) is 102 Å². The van der Waals surface area contributed by atoms with Crippen molar-refractivity contribution in [1.82, 2.24) is 84.1 Å². The normalized spacial score (nSPS) is 14.6.